The number of halogens is 2. The molecule has 0 N–H and O–H groups in total. The summed E-state index contributed by atoms with van der Waals surface area (Å²) in [5.74, 6) is -0.872. The molecule has 1 unspecified atom stereocenters. The number of sulfone groups is 1. The summed E-state index contributed by atoms with van der Waals surface area (Å²) in [5, 5.41) is 0.354. The van der Waals surface area contributed by atoms with E-state index in [1.165, 1.54) is 17.0 Å². The fourth-order valence-electron chi connectivity index (χ4n) is 2.87. The van der Waals surface area contributed by atoms with Crippen LogP contribution in [-0.2, 0) is 14.6 Å². The highest BCUT2D eigenvalue weighted by molar-refractivity contribution is 7.91. The minimum absolute atomic E-state index is 0.0192. The largest absolute Gasteiger partial charge is 0.489 e. The van der Waals surface area contributed by atoms with E-state index in [0.717, 1.165) is 4.90 Å². The van der Waals surface area contributed by atoms with Gasteiger partial charge in [0, 0.05) is 12.6 Å². The number of urea groups is 1. The second-order valence-electron chi connectivity index (χ2n) is 6.18. The number of ether oxygens (including phenoxy) is 1. The maximum absolute atomic E-state index is 12.7. The third kappa shape index (κ3) is 3.30. The number of carbonyl (C=O) groups is 2. The smallest absolute Gasteiger partial charge is 0.332 e. The van der Waals surface area contributed by atoms with Gasteiger partial charge in [-0.15, -0.1) is 0 Å². The van der Waals surface area contributed by atoms with Crippen LogP contribution in [0.25, 0.3) is 0 Å². The van der Waals surface area contributed by atoms with E-state index in [0.29, 0.717) is 0 Å². The van der Waals surface area contributed by atoms with Crippen molar-refractivity contribution in [2.75, 3.05) is 23.0 Å². The Morgan fingerprint density at radius 2 is 1.88 bits per heavy atom. The molecule has 0 radical (unpaired) electrons. The van der Waals surface area contributed by atoms with E-state index in [9.17, 15) is 18.0 Å². The number of fused-ring (bicyclic) bond motifs is 1. The Bertz CT molecular complexity index is 856. The molecule has 10 heteroatoms. The number of nitrogens with zero attached hydrogens (tertiary/aromatic N) is 2. The van der Waals surface area contributed by atoms with Crippen molar-refractivity contribution in [3.8, 4) is 5.75 Å². The van der Waals surface area contributed by atoms with Gasteiger partial charge in [0.2, 0.25) is 0 Å². The third-order valence-corrected chi connectivity index (χ3v) is 6.20. The molecule has 0 aromatic heterocycles. The monoisotopic (exact) mass is 406 g/mol. The highest BCUT2D eigenvalue weighted by Crippen LogP contribution is 2.39. The van der Waals surface area contributed by atoms with Crippen LogP contribution in [0.5, 0.6) is 5.75 Å². The summed E-state index contributed by atoms with van der Waals surface area (Å²) in [5.41, 5.74) is 0.128. The number of amides is 3. The van der Waals surface area contributed by atoms with Crippen molar-refractivity contribution in [2.24, 2.45) is 0 Å². The molecule has 25 heavy (non-hydrogen) atoms. The van der Waals surface area contributed by atoms with Crippen LogP contribution in [0.3, 0.4) is 0 Å². The first-order valence-corrected chi connectivity index (χ1v) is 10.2. The second kappa shape index (κ2) is 6.34. The lowest BCUT2D eigenvalue weighted by atomic mass is 10.2. The summed E-state index contributed by atoms with van der Waals surface area (Å²) in [6.45, 7) is 3.60. The highest BCUT2D eigenvalue weighted by atomic mass is 35.5. The van der Waals surface area contributed by atoms with E-state index in [4.69, 9.17) is 27.9 Å². The van der Waals surface area contributed by atoms with Crippen molar-refractivity contribution in [1.29, 1.82) is 0 Å². The molecule has 2 fully saturated rings. The average Bonchev–Trinajstić information content (AvgIpc) is 2.72. The SMILES string of the molecule is CC(C)Oc1cc(N2C(=O)C3CS(=O)(=O)CCN3C2=O)c(Cl)cc1Cl. The van der Waals surface area contributed by atoms with Crippen LogP contribution in [-0.4, -0.2) is 55.5 Å². The van der Waals surface area contributed by atoms with E-state index < -0.39 is 27.8 Å². The standard InChI is InChI=1S/C15H16Cl2N2O5S/c1-8(2)24-13-6-11(9(16)5-10(13)17)19-14(20)12-7-25(22,23)4-3-18(12)15(19)21/h5-6,8,12H,3-4,7H2,1-2H3. The maximum atomic E-state index is 12.7. The van der Waals surface area contributed by atoms with Crippen LogP contribution in [0.4, 0.5) is 10.5 Å². The number of carbonyl (C=O) groups excluding carboxylic acids is 2. The normalized spacial score (nSPS) is 22.5. The summed E-state index contributed by atoms with van der Waals surface area (Å²) in [4.78, 5) is 27.5. The Balaban J connectivity index is 2.02. The van der Waals surface area contributed by atoms with Crippen LogP contribution in [0, 0.1) is 0 Å². The minimum Gasteiger partial charge on any atom is -0.489 e. The van der Waals surface area contributed by atoms with Crippen LogP contribution in [0.15, 0.2) is 12.1 Å². The first kappa shape index (κ1) is 18.3. The molecule has 2 aliphatic rings. The van der Waals surface area contributed by atoms with E-state index in [2.05, 4.69) is 0 Å². The van der Waals surface area contributed by atoms with E-state index in [1.54, 1.807) is 0 Å². The molecular weight excluding hydrogens is 391 g/mol. The molecule has 2 heterocycles. The number of imide groups is 1. The molecular formula is C15H16Cl2N2O5S. The Morgan fingerprint density at radius 3 is 2.52 bits per heavy atom. The first-order chi connectivity index (χ1) is 11.6. The fraction of sp³-hybridized carbons (Fsp3) is 0.467. The molecule has 1 aromatic rings. The molecule has 0 aliphatic carbocycles. The Labute approximate surface area is 155 Å². The molecule has 2 saturated heterocycles. The summed E-state index contributed by atoms with van der Waals surface area (Å²) in [6.07, 6.45) is -0.173. The minimum atomic E-state index is -3.36. The lowest BCUT2D eigenvalue weighted by molar-refractivity contribution is -0.119. The van der Waals surface area contributed by atoms with Crippen LogP contribution in [0.2, 0.25) is 10.0 Å². The lowest BCUT2D eigenvalue weighted by Gasteiger charge is -2.26. The predicted molar refractivity (Wildman–Crippen MR) is 94.3 cm³/mol. The first-order valence-electron chi connectivity index (χ1n) is 7.61. The molecule has 1 atom stereocenters. The number of hydrogen-bond acceptors (Lipinski definition) is 5. The van der Waals surface area contributed by atoms with Crippen molar-refractivity contribution in [1.82, 2.24) is 4.90 Å². The average molecular weight is 407 g/mol. The van der Waals surface area contributed by atoms with Gasteiger partial charge in [-0.3, -0.25) is 4.79 Å². The van der Waals surface area contributed by atoms with Gasteiger partial charge in [0.1, 0.15) is 11.8 Å². The fourth-order valence-corrected chi connectivity index (χ4v) is 4.83. The summed E-state index contributed by atoms with van der Waals surface area (Å²) in [7, 11) is -3.36. The van der Waals surface area contributed by atoms with Gasteiger partial charge in [-0.1, -0.05) is 23.2 Å². The van der Waals surface area contributed by atoms with E-state index >= 15 is 0 Å². The molecule has 2 aliphatic heterocycles. The van der Waals surface area contributed by atoms with Gasteiger partial charge in [0.05, 0.1) is 33.3 Å². The van der Waals surface area contributed by atoms with Gasteiger partial charge in [-0.2, -0.15) is 0 Å². The van der Waals surface area contributed by atoms with E-state index in [1.807, 2.05) is 13.8 Å². The van der Waals surface area contributed by atoms with Crippen molar-refractivity contribution < 1.29 is 22.7 Å². The van der Waals surface area contributed by atoms with Crippen LogP contribution < -0.4 is 9.64 Å². The molecule has 0 spiro atoms. The maximum Gasteiger partial charge on any atom is 0.332 e. The molecule has 136 valence electrons. The molecule has 7 nitrogen and oxygen atoms in total. The predicted octanol–water partition coefficient (Wildman–Crippen LogP) is 2.35. The van der Waals surface area contributed by atoms with Gasteiger partial charge in [0.25, 0.3) is 5.91 Å². The van der Waals surface area contributed by atoms with Crippen molar-refractivity contribution >= 4 is 50.7 Å². The van der Waals surface area contributed by atoms with Crippen molar-refractivity contribution in [3.05, 3.63) is 22.2 Å². The van der Waals surface area contributed by atoms with Gasteiger partial charge in [-0.25, -0.2) is 18.1 Å². The zero-order valence-corrected chi connectivity index (χ0v) is 15.9. The molecule has 0 bridgehead atoms. The quantitative estimate of drug-likeness (QED) is 0.719. The topological polar surface area (TPSA) is 84.0 Å². The van der Waals surface area contributed by atoms with Gasteiger partial charge in [0.15, 0.2) is 9.84 Å². The van der Waals surface area contributed by atoms with Gasteiger partial charge in [-0.05, 0) is 19.9 Å². The molecule has 1 aromatic carbocycles. The summed E-state index contributed by atoms with van der Waals surface area (Å²) >= 11 is 12.3. The van der Waals surface area contributed by atoms with Crippen molar-refractivity contribution in [3.63, 3.8) is 0 Å². The van der Waals surface area contributed by atoms with Crippen molar-refractivity contribution in [2.45, 2.75) is 26.0 Å². The lowest BCUT2D eigenvalue weighted by Crippen LogP contribution is -2.48. The molecule has 3 rings (SSSR count). The van der Waals surface area contributed by atoms with Gasteiger partial charge >= 0.3 is 6.03 Å². The Kier molecular flexibility index (Phi) is 4.63. The highest BCUT2D eigenvalue weighted by Gasteiger charge is 2.50. The van der Waals surface area contributed by atoms with Gasteiger partial charge < -0.3 is 9.64 Å². The number of hydrogen-bond donors (Lipinski definition) is 0. The molecule has 3 amide bonds. The van der Waals surface area contributed by atoms with Crippen LogP contribution in [0.1, 0.15) is 13.8 Å². The summed E-state index contributed by atoms with van der Waals surface area (Å²) in [6, 6.07) is 1.20. The number of benzene rings is 1. The molecule has 0 saturated carbocycles. The Morgan fingerprint density at radius 1 is 1.20 bits per heavy atom. The van der Waals surface area contributed by atoms with Crippen LogP contribution >= 0.6 is 23.2 Å². The number of rotatable bonds is 3. The zero-order chi connectivity index (χ0) is 18.5. The summed E-state index contributed by atoms with van der Waals surface area (Å²) < 4.78 is 29.2. The zero-order valence-electron chi connectivity index (χ0n) is 13.5. The number of anilines is 1. The second-order valence-corrected chi connectivity index (χ2v) is 9.22. The van der Waals surface area contributed by atoms with E-state index in [-0.39, 0.29) is 45.6 Å². The Hall–Kier alpha value is -1.51. The third-order valence-electron chi connectivity index (χ3n) is 3.98.